The highest BCUT2D eigenvalue weighted by Gasteiger charge is 1.80. The first-order valence-electron chi connectivity index (χ1n) is 1.31. The van der Waals surface area contributed by atoms with Gasteiger partial charge in [0.05, 0.1) is 0 Å². The number of nitrogens with one attached hydrogen (secondary N) is 1. The molecule has 0 spiro atoms. The van der Waals surface area contributed by atoms with Crippen molar-refractivity contribution in [2.24, 2.45) is 0 Å². The number of hydrogen-bond acceptors (Lipinski definition) is 2. The average molecular weight is 217 g/mol. The molecule has 0 amide bonds. The smallest absolute Gasteiger partial charge is 0.266 e. The topological polar surface area (TPSA) is 21.3 Å². The van der Waals surface area contributed by atoms with E-state index >= 15 is 0 Å². The Labute approximate surface area is 55.9 Å². The van der Waals surface area contributed by atoms with Gasteiger partial charge in [0, 0.05) is 7.05 Å². The molecule has 0 aromatic carbocycles. The van der Waals surface area contributed by atoms with E-state index in [4.69, 9.17) is 0 Å². The van der Waals surface area contributed by atoms with E-state index in [1.807, 2.05) is 0 Å². The van der Waals surface area contributed by atoms with Gasteiger partial charge in [-0.1, -0.05) is 0 Å². The molecular formula is C2H4INOS. The molecule has 0 aliphatic carbocycles. The van der Waals surface area contributed by atoms with Gasteiger partial charge in [0.1, 0.15) is 0 Å². The number of rotatable bonds is 0. The molecule has 0 radical (unpaired) electrons. The SMILES string of the molecule is CNC(=S)OI. The third-order valence-corrected chi connectivity index (χ3v) is 1.30. The lowest BCUT2D eigenvalue weighted by atomic mass is 11.2. The Bertz CT molecular complexity index is 51.5. The second-order valence-corrected chi connectivity index (χ2v) is 1.43. The van der Waals surface area contributed by atoms with Gasteiger partial charge in [0.25, 0.3) is 5.17 Å². The van der Waals surface area contributed by atoms with Crippen molar-refractivity contribution in [2.75, 3.05) is 7.05 Å². The third kappa shape index (κ3) is 2.65. The molecule has 0 rings (SSSR count). The number of thiocarbonyl (C=S) groups is 1. The maximum absolute atomic E-state index is 4.52. The molecule has 2 nitrogen and oxygen atoms in total. The molecule has 36 valence electrons. The van der Waals surface area contributed by atoms with E-state index < -0.39 is 0 Å². The fraction of sp³-hybridized carbons (Fsp3) is 0.500. The van der Waals surface area contributed by atoms with E-state index in [1.54, 1.807) is 30.1 Å². The maximum Gasteiger partial charge on any atom is 0.266 e. The van der Waals surface area contributed by atoms with Gasteiger partial charge in [-0.15, -0.1) is 0 Å². The molecule has 0 aliphatic heterocycles. The fourth-order valence-corrected chi connectivity index (χ4v) is 0.259. The average Bonchev–Trinajstić information content (AvgIpc) is 1.65. The minimum Gasteiger partial charge on any atom is -0.400 e. The second kappa shape index (κ2) is 3.60. The van der Waals surface area contributed by atoms with Crippen LogP contribution >= 0.6 is 35.2 Å². The Morgan fingerprint density at radius 2 is 2.50 bits per heavy atom. The van der Waals surface area contributed by atoms with Crippen LogP contribution in [0.15, 0.2) is 0 Å². The lowest BCUT2D eigenvalue weighted by Gasteiger charge is -1.91. The Kier molecular flexibility index (Phi) is 3.86. The van der Waals surface area contributed by atoms with Gasteiger partial charge in [-0.25, -0.2) is 0 Å². The van der Waals surface area contributed by atoms with Gasteiger partial charge in [-0.3, -0.25) is 0 Å². The minimum atomic E-state index is 0.413. The molecule has 0 saturated heterocycles. The standard InChI is InChI=1S/C2H4INOS/c1-4-2(6)5-3/h1H3,(H,4,6). The van der Waals surface area contributed by atoms with Crippen molar-refractivity contribution < 1.29 is 3.07 Å². The van der Waals surface area contributed by atoms with Crippen molar-refractivity contribution in [1.82, 2.24) is 5.32 Å². The quantitative estimate of drug-likeness (QED) is 0.480. The molecule has 0 fully saturated rings. The predicted molar refractivity (Wildman–Crippen MR) is 36.8 cm³/mol. The van der Waals surface area contributed by atoms with Crippen LogP contribution in [0.2, 0.25) is 0 Å². The highest BCUT2D eigenvalue weighted by molar-refractivity contribution is 14.1. The normalized spacial score (nSPS) is 7.00. The van der Waals surface area contributed by atoms with Crippen molar-refractivity contribution in [3.05, 3.63) is 0 Å². The molecule has 1 N–H and O–H groups in total. The summed E-state index contributed by atoms with van der Waals surface area (Å²) in [7, 11) is 1.71. The predicted octanol–water partition coefficient (Wildman–Crippen LogP) is 0.857. The first-order chi connectivity index (χ1) is 2.81. The fourth-order valence-electron chi connectivity index (χ4n) is 0.0386. The highest BCUT2D eigenvalue weighted by Crippen LogP contribution is 1.83. The lowest BCUT2D eigenvalue weighted by molar-refractivity contribution is 0.700. The van der Waals surface area contributed by atoms with Gasteiger partial charge in [0.15, 0.2) is 23.0 Å². The largest absolute Gasteiger partial charge is 0.400 e. The summed E-state index contributed by atoms with van der Waals surface area (Å²) in [5.74, 6) is 0. The molecular weight excluding hydrogens is 213 g/mol. The maximum atomic E-state index is 4.52. The summed E-state index contributed by atoms with van der Waals surface area (Å²) in [4.78, 5) is 0. The van der Waals surface area contributed by atoms with E-state index in [0.29, 0.717) is 5.17 Å². The van der Waals surface area contributed by atoms with Crippen LogP contribution in [0.5, 0.6) is 0 Å². The van der Waals surface area contributed by atoms with E-state index in [2.05, 4.69) is 20.6 Å². The summed E-state index contributed by atoms with van der Waals surface area (Å²) in [6.07, 6.45) is 0. The highest BCUT2D eigenvalue weighted by atomic mass is 127. The van der Waals surface area contributed by atoms with Crippen LogP contribution in [0.3, 0.4) is 0 Å². The van der Waals surface area contributed by atoms with E-state index in [9.17, 15) is 0 Å². The van der Waals surface area contributed by atoms with Crippen molar-refractivity contribution in [3.63, 3.8) is 0 Å². The third-order valence-electron chi connectivity index (χ3n) is 0.274. The van der Waals surface area contributed by atoms with Crippen molar-refractivity contribution >= 4 is 40.4 Å². The van der Waals surface area contributed by atoms with Crippen LogP contribution in [0.25, 0.3) is 0 Å². The number of halogens is 1. The van der Waals surface area contributed by atoms with Gasteiger partial charge in [0.2, 0.25) is 0 Å². The van der Waals surface area contributed by atoms with Gasteiger partial charge in [-0.05, 0) is 12.2 Å². The first kappa shape index (κ1) is 6.42. The Morgan fingerprint density at radius 3 is 2.50 bits per heavy atom. The van der Waals surface area contributed by atoms with E-state index in [0.717, 1.165) is 0 Å². The summed E-state index contributed by atoms with van der Waals surface area (Å²) in [6, 6.07) is 0. The molecule has 4 heteroatoms. The first-order valence-corrected chi connectivity index (χ1v) is 2.60. The Hall–Kier alpha value is 0.420. The lowest BCUT2D eigenvalue weighted by Crippen LogP contribution is -2.13. The monoisotopic (exact) mass is 217 g/mol. The van der Waals surface area contributed by atoms with Crippen LogP contribution in [0, 0.1) is 0 Å². The molecule has 0 bridgehead atoms. The summed E-state index contributed by atoms with van der Waals surface area (Å²) >= 11 is 6.23. The van der Waals surface area contributed by atoms with Gasteiger partial charge in [-0.2, -0.15) is 0 Å². The second-order valence-electron chi connectivity index (χ2n) is 0.615. The zero-order valence-corrected chi connectivity index (χ0v) is 6.17. The van der Waals surface area contributed by atoms with Gasteiger partial charge < -0.3 is 8.38 Å². The number of hydrogen-bond donors (Lipinski definition) is 1. The molecule has 0 aromatic rings. The molecule has 0 aliphatic rings. The molecule has 0 unspecified atom stereocenters. The zero-order valence-electron chi connectivity index (χ0n) is 3.19. The molecule has 0 heterocycles. The minimum absolute atomic E-state index is 0.413. The van der Waals surface area contributed by atoms with Crippen molar-refractivity contribution in [1.29, 1.82) is 0 Å². The van der Waals surface area contributed by atoms with Crippen molar-refractivity contribution in [3.8, 4) is 0 Å². The van der Waals surface area contributed by atoms with Crippen LogP contribution in [0.1, 0.15) is 0 Å². The van der Waals surface area contributed by atoms with Crippen LogP contribution < -0.4 is 5.32 Å². The van der Waals surface area contributed by atoms with Crippen LogP contribution in [0.4, 0.5) is 0 Å². The van der Waals surface area contributed by atoms with E-state index in [1.165, 1.54) is 0 Å². The zero-order chi connectivity index (χ0) is 4.99. The van der Waals surface area contributed by atoms with Crippen LogP contribution in [-0.2, 0) is 3.07 Å². The summed E-state index contributed by atoms with van der Waals surface area (Å²) in [6.45, 7) is 0. The van der Waals surface area contributed by atoms with Gasteiger partial charge >= 0.3 is 0 Å². The Morgan fingerprint density at radius 1 is 2.00 bits per heavy atom. The molecule has 0 saturated carbocycles. The molecule has 6 heavy (non-hydrogen) atoms. The summed E-state index contributed by atoms with van der Waals surface area (Å²) in [5, 5.41) is 3.03. The van der Waals surface area contributed by atoms with Crippen LogP contribution in [-0.4, -0.2) is 12.2 Å². The summed E-state index contributed by atoms with van der Waals surface area (Å²) in [5.41, 5.74) is 0. The Balaban J connectivity index is 2.99. The van der Waals surface area contributed by atoms with E-state index in [-0.39, 0.29) is 0 Å². The molecule has 0 atom stereocenters. The molecule has 0 aromatic heterocycles. The van der Waals surface area contributed by atoms with Crippen molar-refractivity contribution in [2.45, 2.75) is 0 Å². The summed E-state index contributed by atoms with van der Waals surface area (Å²) < 4.78 is 4.49.